The van der Waals surface area contributed by atoms with E-state index in [1.165, 1.54) is 12.8 Å². The van der Waals surface area contributed by atoms with Crippen LogP contribution in [0.2, 0.25) is 5.02 Å². The zero-order valence-corrected chi connectivity index (χ0v) is 10.1. The predicted molar refractivity (Wildman–Crippen MR) is 66.6 cm³/mol. The molecular weight excluding hydrogens is 220 g/mol. The van der Waals surface area contributed by atoms with E-state index < -0.39 is 0 Å². The van der Waals surface area contributed by atoms with Crippen LogP contribution < -0.4 is 5.32 Å². The number of anilines is 1. The van der Waals surface area contributed by atoms with Crippen LogP contribution in [0.15, 0.2) is 18.2 Å². The van der Waals surface area contributed by atoms with E-state index in [9.17, 15) is 0 Å². The number of rotatable bonds is 4. The van der Waals surface area contributed by atoms with Crippen LogP contribution in [0.3, 0.4) is 0 Å². The van der Waals surface area contributed by atoms with Crippen LogP contribution >= 0.6 is 11.6 Å². The van der Waals surface area contributed by atoms with Gasteiger partial charge in [0.25, 0.3) is 0 Å². The quantitative estimate of drug-likeness (QED) is 0.860. The van der Waals surface area contributed by atoms with Crippen molar-refractivity contribution < 1.29 is 0 Å². The molecule has 0 bridgehead atoms. The molecule has 1 aromatic rings. The number of hydrogen-bond acceptors (Lipinski definition) is 2. The van der Waals surface area contributed by atoms with Gasteiger partial charge in [0.1, 0.15) is 0 Å². The molecule has 1 aromatic carbocycles. The van der Waals surface area contributed by atoms with Gasteiger partial charge in [0.15, 0.2) is 0 Å². The average molecular weight is 235 g/mol. The number of nitrogens with zero attached hydrogens (tertiary/aromatic N) is 1. The molecule has 1 saturated carbocycles. The van der Waals surface area contributed by atoms with Gasteiger partial charge in [0.2, 0.25) is 0 Å². The zero-order chi connectivity index (χ0) is 11.5. The minimum absolute atomic E-state index is 0.519. The lowest BCUT2D eigenvalue weighted by molar-refractivity contribution is 0.616. The van der Waals surface area contributed by atoms with E-state index in [1.807, 2.05) is 6.07 Å². The number of benzene rings is 1. The Morgan fingerprint density at radius 2 is 2.31 bits per heavy atom. The minimum Gasteiger partial charge on any atom is -0.381 e. The van der Waals surface area contributed by atoms with Crippen molar-refractivity contribution in [3.63, 3.8) is 0 Å². The highest BCUT2D eigenvalue weighted by atomic mass is 35.5. The van der Waals surface area contributed by atoms with Gasteiger partial charge in [-0.1, -0.05) is 18.5 Å². The first-order valence-corrected chi connectivity index (χ1v) is 6.08. The maximum atomic E-state index is 8.75. The molecular formula is C13H15ClN2. The molecule has 1 N–H and O–H groups in total. The van der Waals surface area contributed by atoms with Crippen LogP contribution in [-0.2, 0) is 0 Å². The summed E-state index contributed by atoms with van der Waals surface area (Å²) in [5.41, 5.74) is 1.55. The van der Waals surface area contributed by atoms with Crippen LogP contribution in [0.1, 0.15) is 31.7 Å². The lowest BCUT2D eigenvalue weighted by atomic mass is 10.1. The summed E-state index contributed by atoms with van der Waals surface area (Å²) in [4.78, 5) is 0. The highest BCUT2D eigenvalue weighted by Gasteiger charge is 2.30. The summed E-state index contributed by atoms with van der Waals surface area (Å²) in [6.07, 6.45) is 3.75. The third-order valence-corrected chi connectivity index (χ3v) is 3.38. The molecule has 84 valence electrons. The third kappa shape index (κ3) is 2.48. The molecule has 2 rings (SSSR count). The van der Waals surface area contributed by atoms with Crippen LogP contribution in [0.4, 0.5) is 5.69 Å². The average Bonchev–Trinajstić information content (AvgIpc) is 3.11. The van der Waals surface area contributed by atoms with Crippen LogP contribution in [0.25, 0.3) is 0 Å². The summed E-state index contributed by atoms with van der Waals surface area (Å²) >= 11 is 6.12. The van der Waals surface area contributed by atoms with E-state index in [2.05, 4.69) is 18.3 Å². The number of hydrogen-bond donors (Lipinski definition) is 1. The molecule has 0 saturated heterocycles. The van der Waals surface area contributed by atoms with Gasteiger partial charge in [0.05, 0.1) is 22.3 Å². The highest BCUT2D eigenvalue weighted by Crippen LogP contribution is 2.36. The molecule has 3 heteroatoms. The number of nitrogens with one attached hydrogen (secondary N) is 1. The van der Waals surface area contributed by atoms with Crippen molar-refractivity contribution in [3.05, 3.63) is 28.8 Å². The fourth-order valence-corrected chi connectivity index (χ4v) is 2.19. The number of nitriles is 1. The lowest BCUT2D eigenvalue weighted by Gasteiger charge is -2.18. The molecule has 1 aliphatic carbocycles. The van der Waals surface area contributed by atoms with Gasteiger partial charge < -0.3 is 5.32 Å². The van der Waals surface area contributed by atoms with Crippen molar-refractivity contribution in [2.45, 2.75) is 32.2 Å². The Labute approximate surface area is 101 Å². The Morgan fingerprint density at radius 3 is 2.81 bits per heavy atom. The molecule has 2 nitrogen and oxygen atoms in total. The Balaban J connectivity index is 2.11. The molecule has 0 spiro atoms. The lowest BCUT2D eigenvalue weighted by Crippen LogP contribution is -2.20. The van der Waals surface area contributed by atoms with E-state index in [4.69, 9.17) is 16.9 Å². The van der Waals surface area contributed by atoms with Gasteiger partial charge in [-0.2, -0.15) is 5.26 Å². The molecule has 1 aliphatic rings. The van der Waals surface area contributed by atoms with Crippen molar-refractivity contribution in [1.82, 2.24) is 0 Å². The first kappa shape index (κ1) is 11.3. The van der Waals surface area contributed by atoms with Gasteiger partial charge in [0, 0.05) is 6.04 Å². The van der Waals surface area contributed by atoms with Gasteiger partial charge in [-0.15, -0.1) is 0 Å². The van der Waals surface area contributed by atoms with Gasteiger partial charge in [-0.05, 0) is 43.4 Å². The Hall–Kier alpha value is -1.20. The smallest absolute Gasteiger partial charge is 0.0992 e. The Bertz CT molecular complexity index is 418. The van der Waals surface area contributed by atoms with Crippen LogP contribution in [-0.4, -0.2) is 6.04 Å². The molecule has 0 aromatic heterocycles. The Morgan fingerprint density at radius 1 is 1.56 bits per heavy atom. The predicted octanol–water partition coefficient (Wildman–Crippen LogP) is 3.81. The maximum Gasteiger partial charge on any atom is 0.0992 e. The van der Waals surface area contributed by atoms with E-state index in [0.717, 1.165) is 18.0 Å². The molecule has 0 aliphatic heterocycles. The molecule has 1 atom stereocenters. The van der Waals surface area contributed by atoms with E-state index in [-0.39, 0.29) is 0 Å². The van der Waals surface area contributed by atoms with Crippen molar-refractivity contribution in [2.75, 3.05) is 5.32 Å². The SMILES string of the molecule is CCC(Nc1ccc(C#N)cc1Cl)C1CC1. The first-order valence-electron chi connectivity index (χ1n) is 5.70. The molecule has 1 unspecified atom stereocenters. The van der Waals surface area contributed by atoms with E-state index in [0.29, 0.717) is 16.6 Å². The molecule has 16 heavy (non-hydrogen) atoms. The van der Waals surface area contributed by atoms with Crippen molar-refractivity contribution >= 4 is 17.3 Å². The summed E-state index contributed by atoms with van der Waals surface area (Å²) in [6.45, 7) is 2.19. The largest absolute Gasteiger partial charge is 0.381 e. The minimum atomic E-state index is 0.519. The van der Waals surface area contributed by atoms with Crippen LogP contribution in [0, 0.1) is 17.2 Å². The summed E-state index contributed by atoms with van der Waals surface area (Å²) in [5.74, 6) is 0.803. The van der Waals surface area contributed by atoms with Gasteiger partial charge >= 0.3 is 0 Å². The molecule has 0 radical (unpaired) electrons. The first-order chi connectivity index (χ1) is 7.74. The molecule has 1 fully saturated rings. The maximum absolute atomic E-state index is 8.75. The Kier molecular flexibility index (Phi) is 3.36. The standard InChI is InChI=1S/C13H15ClN2/c1-2-12(10-4-5-10)16-13-6-3-9(8-15)7-11(13)14/h3,6-7,10,12,16H,2,4-5H2,1H3. The topological polar surface area (TPSA) is 35.8 Å². The summed E-state index contributed by atoms with van der Waals surface area (Å²) in [6, 6.07) is 8.01. The zero-order valence-electron chi connectivity index (χ0n) is 9.33. The van der Waals surface area contributed by atoms with Crippen molar-refractivity contribution in [1.29, 1.82) is 5.26 Å². The van der Waals surface area contributed by atoms with Gasteiger partial charge in [-0.25, -0.2) is 0 Å². The van der Waals surface area contributed by atoms with Gasteiger partial charge in [-0.3, -0.25) is 0 Å². The second-order valence-electron chi connectivity index (χ2n) is 4.30. The molecule has 0 amide bonds. The summed E-state index contributed by atoms with van der Waals surface area (Å²) in [5, 5.41) is 12.9. The second kappa shape index (κ2) is 4.76. The number of halogens is 1. The highest BCUT2D eigenvalue weighted by molar-refractivity contribution is 6.33. The summed E-state index contributed by atoms with van der Waals surface area (Å²) < 4.78 is 0. The summed E-state index contributed by atoms with van der Waals surface area (Å²) in [7, 11) is 0. The second-order valence-corrected chi connectivity index (χ2v) is 4.71. The fraction of sp³-hybridized carbons (Fsp3) is 0.462. The molecule has 0 heterocycles. The van der Waals surface area contributed by atoms with Crippen molar-refractivity contribution in [2.24, 2.45) is 5.92 Å². The normalized spacial score (nSPS) is 16.6. The fourth-order valence-electron chi connectivity index (χ4n) is 1.95. The van der Waals surface area contributed by atoms with E-state index >= 15 is 0 Å². The van der Waals surface area contributed by atoms with Crippen LogP contribution in [0.5, 0.6) is 0 Å². The monoisotopic (exact) mass is 234 g/mol. The van der Waals surface area contributed by atoms with Crippen molar-refractivity contribution in [3.8, 4) is 6.07 Å². The van der Waals surface area contributed by atoms with E-state index in [1.54, 1.807) is 12.1 Å². The third-order valence-electron chi connectivity index (χ3n) is 3.07.